The summed E-state index contributed by atoms with van der Waals surface area (Å²) < 4.78 is 38.9. The Morgan fingerprint density at radius 1 is 1.17 bits per heavy atom. The molecule has 0 spiro atoms. The van der Waals surface area contributed by atoms with Crippen LogP contribution in [-0.4, -0.2) is 37.9 Å². The first-order valence-corrected chi connectivity index (χ1v) is 10.3. The van der Waals surface area contributed by atoms with E-state index in [0.29, 0.717) is 17.9 Å². The Morgan fingerprint density at radius 2 is 1.76 bits per heavy atom. The van der Waals surface area contributed by atoms with Crippen LogP contribution in [0.1, 0.15) is 24.1 Å². The average molecular weight is 418 g/mol. The van der Waals surface area contributed by atoms with E-state index in [1.807, 2.05) is 13.0 Å². The Balaban J connectivity index is 2.10. The first-order valence-electron chi connectivity index (χ1n) is 8.90. The van der Waals surface area contributed by atoms with E-state index in [2.05, 4.69) is 6.58 Å². The fraction of sp³-hybridized carbons (Fsp3) is 0.300. The van der Waals surface area contributed by atoms with Crippen molar-refractivity contribution < 1.29 is 22.8 Å². The normalized spacial score (nSPS) is 19.3. The zero-order valence-electron chi connectivity index (χ0n) is 16.4. The lowest BCUT2D eigenvalue weighted by Crippen LogP contribution is -2.45. The second kappa shape index (κ2) is 7.84. The predicted octanol–water partition coefficient (Wildman–Crippen LogP) is 3.47. The molecule has 2 unspecified atom stereocenters. The Morgan fingerprint density at radius 3 is 2.28 bits per heavy atom. The Kier molecular flexibility index (Phi) is 5.63. The number of rotatable bonds is 6. The fourth-order valence-corrected chi connectivity index (χ4v) is 5.46. The molecule has 9 heteroatoms. The van der Waals surface area contributed by atoms with E-state index < -0.39 is 21.0 Å². The van der Waals surface area contributed by atoms with Crippen molar-refractivity contribution in [3.05, 3.63) is 70.3 Å². The average Bonchev–Trinajstić information content (AvgIpc) is 2.71. The number of sulfonamides is 1. The standard InChI is InChI=1S/C20H22N2O6S/c1-5-18-17-12-20(28-4)19(27-3)11-14(17)10-13(2)21(18)29(25,26)16-8-6-15(7-9-16)22(23)24/h5-9,11-13,18H,1,10H2,2-4H3. The SMILES string of the molecule is C=CC1c2cc(OC)c(OC)cc2CC(C)N1S(=O)(=O)c1ccc([N+](=O)[O-])cc1. The summed E-state index contributed by atoms with van der Waals surface area (Å²) in [5, 5.41) is 10.9. The smallest absolute Gasteiger partial charge is 0.269 e. The maximum atomic E-state index is 13.4. The van der Waals surface area contributed by atoms with Gasteiger partial charge in [0.1, 0.15) is 0 Å². The topological polar surface area (TPSA) is 99.0 Å². The first-order chi connectivity index (χ1) is 13.7. The number of fused-ring (bicyclic) bond motifs is 1. The molecule has 0 aliphatic carbocycles. The highest BCUT2D eigenvalue weighted by molar-refractivity contribution is 7.89. The zero-order chi connectivity index (χ0) is 21.3. The molecule has 1 aliphatic rings. The van der Waals surface area contributed by atoms with Crippen LogP contribution in [0.2, 0.25) is 0 Å². The molecule has 0 fully saturated rings. The summed E-state index contributed by atoms with van der Waals surface area (Å²) in [4.78, 5) is 10.3. The van der Waals surface area contributed by atoms with Crippen molar-refractivity contribution in [3.8, 4) is 11.5 Å². The van der Waals surface area contributed by atoms with Crippen molar-refractivity contribution in [2.24, 2.45) is 0 Å². The largest absolute Gasteiger partial charge is 0.493 e. The van der Waals surface area contributed by atoms with Crippen LogP contribution in [0.3, 0.4) is 0 Å². The lowest BCUT2D eigenvalue weighted by atomic mass is 9.90. The van der Waals surface area contributed by atoms with E-state index in [9.17, 15) is 18.5 Å². The molecular weight excluding hydrogens is 396 g/mol. The maximum Gasteiger partial charge on any atom is 0.269 e. The van der Waals surface area contributed by atoms with Crippen LogP contribution in [0, 0.1) is 10.1 Å². The van der Waals surface area contributed by atoms with Crippen LogP contribution in [0.15, 0.2) is 53.9 Å². The molecule has 0 aromatic heterocycles. The summed E-state index contributed by atoms with van der Waals surface area (Å²) in [6.45, 7) is 5.66. The van der Waals surface area contributed by atoms with Gasteiger partial charge in [-0.2, -0.15) is 4.31 Å². The van der Waals surface area contributed by atoms with Crippen LogP contribution in [0.5, 0.6) is 11.5 Å². The van der Waals surface area contributed by atoms with Gasteiger partial charge in [-0.05, 0) is 48.7 Å². The quantitative estimate of drug-likeness (QED) is 0.405. The minimum Gasteiger partial charge on any atom is -0.493 e. The van der Waals surface area contributed by atoms with E-state index >= 15 is 0 Å². The third-order valence-corrected chi connectivity index (χ3v) is 7.04. The number of hydrogen-bond acceptors (Lipinski definition) is 6. The first kappa shape index (κ1) is 20.8. The molecule has 1 aliphatic heterocycles. The molecule has 0 saturated heterocycles. The number of methoxy groups -OCH3 is 2. The van der Waals surface area contributed by atoms with Gasteiger partial charge in [0.25, 0.3) is 5.69 Å². The van der Waals surface area contributed by atoms with Gasteiger partial charge in [0.2, 0.25) is 10.0 Å². The van der Waals surface area contributed by atoms with Gasteiger partial charge in [0.05, 0.1) is 30.1 Å². The Bertz CT molecular complexity index is 1050. The fourth-order valence-electron chi connectivity index (χ4n) is 3.69. The van der Waals surface area contributed by atoms with Gasteiger partial charge in [-0.1, -0.05) is 6.08 Å². The molecule has 8 nitrogen and oxygen atoms in total. The second-order valence-corrected chi connectivity index (χ2v) is 8.57. The molecule has 1 heterocycles. The minimum absolute atomic E-state index is 0.00859. The van der Waals surface area contributed by atoms with Gasteiger partial charge in [-0.3, -0.25) is 10.1 Å². The molecular formula is C20H22N2O6S. The lowest BCUT2D eigenvalue weighted by Gasteiger charge is -2.39. The zero-order valence-corrected chi connectivity index (χ0v) is 17.2. The highest BCUT2D eigenvalue weighted by atomic mass is 32.2. The molecule has 2 atom stereocenters. The molecule has 0 amide bonds. The van der Waals surface area contributed by atoms with Crippen molar-refractivity contribution >= 4 is 15.7 Å². The van der Waals surface area contributed by atoms with Crippen molar-refractivity contribution in [1.82, 2.24) is 4.31 Å². The number of hydrogen-bond donors (Lipinski definition) is 0. The van der Waals surface area contributed by atoms with E-state index in [0.717, 1.165) is 11.1 Å². The van der Waals surface area contributed by atoms with Gasteiger partial charge in [-0.15, -0.1) is 6.58 Å². The van der Waals surface area contributed by atoms with Crippen molar-refractivity contribution in [2.75, 3.05) is 14.2 Å². The van der Waals surface area contributed by atoms with Crippen molar-refractivity contribution in [1.29, 1.82) is 0 Å². The summed E-state index contributed by atoms with van der Waals surface area (Å²) in [7, 11) is -0.859. The summed E-state index contributed by atoms with van der Waals surface area (Å²) in [6, 6.07) is 7.53. The number of nitro benzene ring substituents is 1. The Hall–Kier alpha value is -2.91. The van der Waals surface area contributed by atoms with Gasteiger partial charge in [0, 0.05) is 18.2 Å². The van der Waals surface area contributed by atoms with Gasteiger partial charge in [-0.25, -0.2) is 8.42 Å². The molecule has 2 aromatic carbocycles. The number of non-ortho nitro benzene ring substituents is 1. The van der Waals surface area contributed by atoms with Crippen LogP contribution in [-0.2, 0) is 16.4 Å². The highest BCUT2D eigenvalue weighted by Crippen LogP contribution is 2.42. The Labute approximate surface area is 169 Å². The van der Waals surface area contributed by atoms with Gasteiger partial charge < -0.3 is 9.47 Å². The highest BCUT2D eigenvalue weighted by Gasteiger charge is 2.40. The molecule has 3 rings (SSSR count). The lowest BCUT2D eigenvalue weighted by molar-refractivity contribution is -0.384. The van der Waals surface area contributed by atoms with Crippen LogP contribution >= 0.6 is 0 Å². The molecule has 29 heavy (non-hydrogen) atoms. The van der Waals surface area contributed by atoms with Gasteiger partial charge in [0.15, 0.2) is 11.5 Å². The number of nitrogens with zero attached hydrogens (tertiary/aromatic N) is 2. The molecule has 0 saturated carbocycles. The molecule has 154 valence electrons. The monoisotopic (exact) mass is 418 g/mol. The van der Waals surface area contributed by atoms with E-state index in [4.69, 9.17) is 9.47 Å². The summed E-state index contributed by atoms with van der Waals surface area (Å²) in [5.74, 6) is 1.08. The number of nitro groups is 1. The maximum absolute atomic E-state index is 13.4. The molecule has 0 radical (unpaired) electrons. The van der Waals surface area contributed by atoms with Crippen LogP contribution < -0.4 is 9.47 Å². The van der Waals surface area contributed by atoms with Gasteiger partial charge >= 0.3 is 0 Å². The second-order valence-electron chi connectivity index (χ2n) is 6.73. The number of ether oxygens (including phenoxy) is 2. The van der Waals surface area contributed by atoms with Crippen LogP contribution in [0.4, 0.5) is 5.69 Å². The van der Waals surface area contributed by atoms with Crippen molar-refractivity contribution in [3.63, 3.8) is 0 Å². The van der Waals surface area contributed by atoms with E-state index in [-0.39, 0.29) is 16.6 Å². The minimum atomic E-state index is -3.93. The number of benzene rings is 2. The van der Waals surface area contributed by atoms with Crippen molar-refractivity contribution in [2.45, 2.75) is 30.3 Å². The summed E-state index contributed by atoms with van der Waals surface area (Å²) in [6.07, 6.45) is 2.05. The third kappa shape index (κ3) is 3.58. The van der Waals surface area contributed by atoms with E-state index in [1.165, 1.54) is 35.7 Å². The third-order valence-electron chi connectivity index (χ3n) is 5.03. The van der Waals surface area contributed by atoms with E-state index in [1.54, 1.807) is 19.3 Å². The van der Waals surface area contributed by atoms with Crippen LogP contribution in [0.25, 0.3) is 0 Å². The summed E-state index contributed by atoms with van der Waals surface area (Å²) in [5.41, 5.74) is 1.55. The molecule has 0 N–H and O–H groups in total. The predicted molar refractivity (Wildman–Crippen MR) is 108 cm³/mol. The summed E-state index contributed by atoms with van der Waals surface area (Å²) >= 11 is 0. The molecule has 0 bridgehead atoms. The molecule has 2 aromatic rings.